The summed E-state index contributed by atoms with van der Waals surface area (Å²) in [5.74, 6) is 0. The first-order chi connectivity index (χ1) is 20.7. The smallest absolute Gasteiger partial charge is 0.0657 e. The normalized spacial score (nSPS) is 16.3. The van der Waals surface area contributed by atoms with E-state index in [4.69, 9.17) is 9.47 Å². The maximum absolute atomic E-state index is 5.45. The largest absolute Gasteiger partial charge is 0.378 e. The van der Waals surface area contributed by atoms with Gasteiger partial charge in [-0.2, -0.15) is 0 Å². The van der Waals surface area contributed by atoms with Crippen LogP contribution in [0.3, 0.4) is 0 Å². The first kappa shape index (κ1) is 40.5. The van der Waals surface area contributed by atoms with Crippen LogP contribution in [0.15, 0.2) is 155 Å². The molecule has 0 aromatic heterocycles. The van der Waals surface area contributed by atoms with Crippen LogP contribution in [-0.4, -0.2) is 25.4 Å². The minimum atomic E-state index is -0.123. The van der Waals surface area contributed by atoms with E-state index in [0.717, 1.165) is 12.8 Å². The lowest BCUT2D eigenvalue weighted by Gasteiger charge is -2.20. The molecule has 44 heavy (non-hydrogen) atoms. The van der Waals surface area contributed by atoms with Crippen LogP contribution in [0.1, 0.15) is 82.1 Å². The standard InChI is InChI=1S/C42H60O2/c1-35(23-15-25-37(3)27-17-29-39(5)31-19-33-41(7,8)43-11)21-13-14-22-36(2)24-16-26-38(4)28-18-30-40(6)32-20-34-42(9,10)44-12/h13-32H,33-34H2,1-12H3/b14-13+,23-15+,24-16+,27-17-,28-18+,31-19+,32-20+,35-21+,36-22+,37-25+,38-26+,39-29-,40-30+. The molecule has 0 amide bonds. The van der Waals surface area contributed by atoms with Crippen molar-refractivity contribution in [3.8, 4) is 0 Å². The van der Waals surface area contributed by atoms with E-state index in [-0.39, 0.29) is 11.2 Å². The van der Waals surface area contributed by atoms with Crippen LogP contribution in [0.4, 0.5) is 0 Å². The van der Waals surface area contributed by atoms with Crippen LogP contribution >= 0.6 is 0 Å². The lowest BCUT2D eigenvalue weighted by atomic mass is 10.0. The Morgan fingerprint density at radius 3 is 0.864 bits per heavy atom. The van der Waals surface area contributed by atoms with E-state index in [1.54, 1.807) is 14.2 Å². The van der Waals surface area contributed by atoms with E-state index in [0.29, 0.717) is 0 Å². The Kier molecular flexibility index (Phi) is 21.2. The molecule has 0 fully saturated rings. The SMILES string of the molecule is COC(C)(C)C/C=C/C(C)=C\C=C/C(C)=C/C=C/C(C)=C/C=C/C=C(C)/C=C/C=C(C)/C=C/C=C(C)/C=C/CC(C)(C)OC. The quantitative estimate of drug-likeness (QED) is 0.147. The summed E-state index contributed by atoms with van der Waals surface area (Å²) in [5.41, 5.74) is 6.97. The van der Waals surface area contributed by atoms with Gasteiger partial charge < -0.3 is 9.47 Å². The number of methoxy groups -OCH3 is 2. The van der Waals surface area contributed by atoms with Crippen LogP contribution in [0.25, 0.3) is 0 Å². The Morgan fingerprint density at radius 2 is 0.614 bits per heavy atom. The summed E-state index contributed by atoms with van der Waals surface area (Å²) in [4.78, 5) is 0. The van der Waals surface area contributed by atoms with E-state index in [1.807, 2.05) is 0 Å². The summed E-state index contributed by atoms with van der Waals surface area (Å²) in [7, 11) is 3.50. The zero-order valence-electron chi connectivity index (χ0n) is 29.8. The fraction of sp³-hybridized carbons (Fsp3) is 0.381. The maximum atomic E-state index is 5.45. The van der Waals surface area contributed by atoms with Gasteiger partial charge in [-0.15, -0.1) is 0 Å². The van der Waals surface area contributed by atoms with Gasteiger partial charge in [0.05, 0.1) is 11.2 Å². The van der Waals surface area contributed by atoms with Crippen molar-refractivity contribution in [2.75, 3.05) is 14.2 Å². The lowest BCUT2D eigenvalue weighted by Crippen LogP contribution is -2.20. The molecular formula is C42H60O2. The van der Waals surface area contributed by atoms with Crippen LogP contribution in [-0.2, 0) is 9.47 Å². The third kappa shape index (κ3) is 24.0. The molecule has 0 radical (unpaired) electrons. The number of hydrogen-bond acceptors (Lipinski definition) is 2. The van der Waals surface area contributed by atoms with Gasteiger partial charge in [-0.3, -0.25) is 0 Å². The van der Waals surface area contributed by atoms with Crippen molar-refractivity contribution >= 4 is 0 Å². The van der Waals surface area contributed by atoms with Gasteiger partial charge in [-0.25, -0.2) is 0 Å². The predicted octanol–water partition coefficient (Wildman–Crippen LogP) is 12.2. The van der Waals surface area contributed by atoms with Gasteiger partial charge in [0.25, 0.3) is 0 Å². The zero-order valence-corrected chi connectivity index (χ0v) is 29.8. The van der Waals surface area contributed by atoms with Crippen LogP contribution in [0, 0.1) is 0 Å². The van der Waals surface area contributed by atoms with Gasteiger partial charge in [-0.05, 0) is 82.1 Å². The summed E-state index contributed by atoms with van der Waals surface area (Å²) in [6, 6.07) is 0. The molecular weight excluding hydrogens is 536 g/mol. The van der Waals surface area contributed by atoms with Crippen molar-refractivity contribution in [1.82, 2.24) is 0 Å². The second kappa shape index (κ2) is 23.0. The second-order valence-corrected chi connectivity index (χ2v) is 12.4. The topological polar surface area (TPSA) is 18.5 Å². The summed E-state index contributed by atoms with van der Waals surface area (Å²) in [6.07, 6.45) is 44.1. The first-order valence-corrected chi connectivity index (χ1v) is 15.5. The van der Waals surface area contributed by atoms with E-state index in [1.165, 1.54) is 33.4 Å². The predicted molar refractivity (Wildman–Crippen MR) is 198 cm³/mol. The lowest BCUT2D eigenvalue weighted by molar-refractivity contribution is 0.0252. The highest BCUT2D eigenvalue weighted by Crippen LogP contribution is 2.15. The van der Waals surface area contributed by atoms with Gasteiger partial charge >= 0.3 is 0 Å². The number of hydrogen-bond donors (Lipinski definition) is 0. The molecule has 0 saturated carbocycles. The summed E-state index contributed by atoms with van der Waals surface area (Å²) in [5, 5.41) is 0. The van der Waals surface area contributed by atoms with Crippen molar-refractivity contribution in [1.29, 1.82) is 0 Å². The Balaban J connectivity index is 4.80. The van der Waals surface area contributed by atoms with E-state index in [9.17, 15) is 0 Å². The molecule has 0 aliphatic heterocycles. The van der Waals surface area contributed by atoms with Crippen LogP contribution in [0.5, 0.6) is 0 Å². The molecule has 0 aliphatic carbocycles. The summed E-state index contributed by atoms with van der Waals surface area (Å²) < 4.78 is 10.9. The van der Waals surface area contributed by atoms with E-state index >= 15 is 0 Å². The third-order valence-corrected chi connectivity index (χ3v) is 6.79. The molecule has 0 aliphatic rings. The number of ether oxygens (including phenoxy) is 2. The fourth-order valence-corrected chi connectivity index (χ4v) is 3.38. The van der Waals surface area contributed by atoms with E-state index in [2.05, 4.69) is 191 Å². The molecule has 0 saturated heterocycles. The van der Waals surface area contributed by atoms with Crippen molar-refractivity contribution in [2.24, 2.45) is 0 Å². The minimum Gasteiger partial charge on any atom is -0.378 e. The monoisotopic (exact) mass is 596 g/mol. The van der Waals surface area contributed by atoms with Gasteiger partial charge in [0.1, 0.15) is 0 Å². The van der Waals surface area contributed by atoms with Gasteiger partial charge in [0.15, 0.2) is 0 Å². The number of rotatable bonds is 18. The van der Waals surface area contributed by atoms with Crippen molar-refractivity contribution in [3.05, 3.63) is 155 Å². The maximum Gasteiger partial charge on any atom is 0.0657 e. The van der Waals surface area contributed by atoms with Gasteiger partial charge in [0.2, 0.25) is 0 Å². The molecule has 2 heteroatoms. The van der Waals surface area contributed by atoms with Crippen LogP contribution < -0.4 is 0 Å². The van der Waals surface area contributed by atoms with Crippen molar-refractivity contribution in [3.63, 3.8) is 0 Å². The summed E-state index contributed by atoms with van der Waals surface area (Å²) >= 11 is 0. The Morgan fingerprint density at radius 1 is 0.386 bits per heavy atom. The molecule has 0 aromatic carbocycles. The van der Waals surface area contributed by atoms with E-state index < -0.39 is 0 Å². The van der Waals surface area contributed by atoms with Gasteiger partial charge in [0, 0.05) is 14.2 Å². The third-order valence-electron chi connectivity index (χ3n) is 6.79. The average molecular weight is 597 g/mol. The molecule has 0 heterocycles. The highest BCUT2D eigenvalue weighted by Gasteiger charge is 2.13. The van der Waals surface area contributed by atoms with Crippen LogP contribution in [0.2, 0.25) is 0 Å². The molecule has 0 spiro atoms. The molecule has 0 N–H and O–H groups in total. The van der Waals surface area contributed by atoms with Crippen molar-refractivity contribution in [2.45, 2.75) is 93.3 Å². The highest BCUT2D eigenvalue weighted by molar-refractivity contribution is 5.33. The summed E-state index contributed by atoms with van der Waals surface area (Å²) in [6.45, 7) is 21.0. The molecule has 0 bridgehead atoms. The molecule has 0 aromatic rings. The Bertz CT molecular complexity index is 1150. The number of allylic oxidation sites excluding steroid dienone is 24. The molecule has 0 atom stereocenters. The van der Waals surface area contributed by atoms with Crippen molar-refractivity contribution < 1.29 is 9.47 Å². The fourth-order valence-electron chi connectivity index (χ4n) is 3.38. The zero-order chi connectivity index (χ0) is 33.4. The molecule has 2 nitrogen and oxygen atoms in total. The van der Waals surface area contributed by atoms with Gasteiger partial charge in [-0.1, -0.05) is 155 Å². The molecule has 0 unspecified atom stereocenters. The molecule has 0 rings (SSSR count). The Hall–Kier alpha value is -3.46. The average Bonchev–Trinajstić information content (AvgIpc) is 2.95. The first-order valence-electron chi connectivity index (χ1n) is 15.5. The molecule has 240 valence electrons. The second-order valence-electron chi connectivity index (χ2n) is 12.4. The Labute approximate surface area is 271 Å². The highest BCUT2D eigenvalue weighted by atomic mass is 16.5. The minimum absolute atomic E-state index is 0.123.